The van der Waals surface area contributed by atoms with E-state index in [4.69, 9.17) is 16.3 Å². The van der Waals surface area contributed by atoms with Crippen molar-refractivity contribution >= 4 is 38.9 Å². The third-order valence-corrected chi connectivity index (χ3v) is 4.83. The number of benzene rings is 1. The van der Waals surface area contributed by atoms with Crippen molar-refractivity contribution in [1.29, 1.82) is 0 Å². The van der Waals surface area contributed by atoms with Crippen LogP contribution in [0, 0.1) is 5.82 Å². The minimum absolute atomic E-state index is 0.0790. The summed E-state index contributed by atoms with van der Waals surface area (Å²) in [7, 11) is 1.65. The Labute approximate surface area is 143 Å². The lowest BCUT2D eigenvalue weighted by Crippen LogP contribution is -2.19. The Morgan fingerprint density at radius 2 is 2.17 bits per heavy atom. The fourth-order valence-electron chi connectivity index (χ4n) is 2.48. The quantitative estimate of drug-likeness (QED) is 0.560. The van der Waals surface area contributed by atoms with Gasteiger partial charge in [0.05, 0.1) is 10.5 Å². The Bertz CT molecular complexity index is 1130. The second-order valence-electron chi connectivity index (χ2n) is 5.11. The molecule has 0 fully saturated rings. The number of aromatic nitrogens is 4. The first kappa shape index (κ1) is 15.1. The van der Waals surface area contributed by atoms with Crippen LogP contribution in [0.1, 0.15) is 5.82 Å². The minimum Gasteiger partial charge on any atom is -0.484 e. The largest absolute Gasteiger partial charge is 0.484 e. The Balaban J connectivity index is 1.79. The number of nitrogens with zero attached hydrogens (tertiary/aromatic N) is 4. The number of fused-ring (bicyclic) bond motifs is 3. The van der Waals surface area contributed by atoms with E-state index >= 15 is 0 Å². The smallest absolute Gasteiger partial charge is 0.272 e. The highest BCUT2D eigenvalue weighted by molar-refractivity contribution is 7.17. The van der Waals surface area contributed by atoms with Crippen LogP contribution < -0.4 is 10.3 Å². The maximum absolute atomic E-state index is 13.1. The van der Waals surface area contributed by atoms with Gasteiger partial charge in [-0.25, -0.2) is 4.39 Å². The van der Waals surface area contributed by atoms with Gasteiger partial charge < -0.3 is 4.74 Å². The molecule has 9 heteroatoms. The molecule has 24 heavy (non-hydrogen) atoms. The molecule has 0 saturated heterocycles. The van der Waals surface area contributed by atoms with Gasteiger partial charge in [-0.1, -0.05) is 11.6 Å². The topological polar surface area (TPSA) is 61.4 Å². The van der Waals surface area contributed by atoms with Crippen LogP contribution in [0.4, 0.5) is 4.39 Å². The summed E-state index contributed by atoms with van der Waals surface area (Å²) in [6.45, 7) is 0.0790. The predicted molar refractivity (Wildman–Crippen MR) is 89.4 cm³/mol. The van der Waals surface area contributed by atoms with E-state index in [2.05, 4.69) is 10.2 Å². The lowest BCUT2D eigenvalue weighted by Gasteiger charge is -2.08. The number of halogens is 2. The van der Waals surface area contributed by atoms with Gasteiger partial charge in [-0.15, -0.1) is 21.5 Å². The van der Waals surface area contributed by atoms with Crippen LogP contribution in [0.25, 0.3) is 16.0 Å². The van der Waals surface area contributed by atoms with E-state index in [1.807, 2.05) is 11.4 Å². The van der Waals surface area contributed by atoms with E-state index in [-0.39, 0.29) is 17.2 Å². The monoisotopic (exact) mass is 364 g/mol. The molecule has 0 aliphatic heterocycles. The summed E-state index contributed by atoms with van der Waals surface area (Å²) in [5.74, 6) is 0.857. The lowest BCUT2D eigenvalue weighted by molar-refractivity contribution is 0.294. The summed E-state index contributed by atoms with van der Waals surface area (Å²) >= 11 is 7.32. The molecule has 0 bridgehead atoms. The summed E-state index contributed by atoms with van der Waals surface area (Å²) in [6, 6.07) is 5.74. The molecule has 0 amide bonds. The van der Waals surface area contributed by atoms with Gasteiger partial charge in [0.25, 0.3) is 5.56 Å². The summed E-state index contributed by atoms with van der Waals surface area (Å²) in [6.07, 6.45) is 0. The molecular weight excluding hydrogens is 355 g/mol. The van der Waals surface area contributed by atoms with Crippen molar-refractivity contribution < 1.29 is 9.13 Å². The highest BCUT2D eigenvalue weighted by Gasteiger charge is 2.16. The average Bonchev–Trinajstić information content (AvgIpc) is 3.18. The zero-order valence-corrected chi connectivity index (χ0v) is 13.9. The molecule has 0 spiro atoms. The van der Waals surface area contributed by atoms with Crippen molar-refractivity contribution in [2.75, 3.05) is 0 Å². The molecular formula is C15H10ClFN4O2S. The molecule has 0 aliphatic rings. The molecule has 6 nitrogen and oxygen atoms in total. The number of ether oxygens (including phenoxy) is 1. The van der Waals surface area contributed by atoms with Crippen molar-refractivity contribution in [2.24, 2.45) is 7.05 Å². The van der Waals surface area contributed by atoms with Crippen molar-refractivity contribution in [3.63, 3.8) is 0 Å². The number of hydrogen-bond donors (Lipinski definition) is 0. The molecule has 0 radical (unpaired) electrons. The van der Waals surface area contributed by atoms with Gasteiger partial charge in [-0.3, -0.25) is 13.8 Å². The Morgan fingerprint density at radius 1 is 1.33 bits per heavy atom. The minimum atomic E-state index is -0.435. The van der Waals surface area contributed by atoms with Gasteiger partial charge in [-0.05, 0) is 29.6 Å². The predicted octanol–water partition coefficient (Wildman–Crippen LogP) is 3.01. The van der Waals surface area contributed by atoms with E-state index < -0.39 is 5.82 Å². The van der Waals surface area contributed by atoms with Crippen molar-refractivity contribution in [1.82, 2.24) is 19.2 Å². The Morgan fingerprint density at radius 3 is 2.96 bits per heavy atom. The van der Waals surface area contributed by atoms with E-state index in [1.54, 1.807) is 11.4 Å². The first-order valence-corrected chi connectivity index (χ1v) is 8.20. The van der Waals surface area contributed by atoms with Crippen LogP contribution in [0.15, 0.2) is 34.4 Å². The third kappa shape index (κ3) is 2.26. The van der Waals surface area contributed by atoms with Gasteiger partial charge in [0, 0.05) is 7.05 Å². The van der Waals surface area contributed by atoms with Crippen LogP contribution in [0.3, 0.4) is 0 Å². The number of aryl methyl sites for hydroxylation is 1. The summed E-state index contributed by atoms with van der Waals surface area (Å²) < 4.78 is 22.6. The molecule has 3 aromatic heterocycles. The van der Waals surface area contributed by atoms with E-state index in [0.29, 0.717) is 22.1 Å². The summed E-state index contributed by atoms with van der Waals surface area (Å²) in [5, 5.41) is 10.2. The maximum Gasteiger partial charge on any atom is 0.272 e. The van der Waals surface area contributed by atoms with Crippen LogP contribution in [0.5, 0.6) is 5.75 Å². The van der Waals surface area contributed by atoms with Gasteiger partial charge >= 0.3 is 0 Å². The zero-order valence-electron chi connectivity index (χ0n) is 12.4. The fourth-order valence-corrected chi connectivity index (χ4v) is 3.55. The normalized spacial score (nSPS) is 11.5. The van der Waals surface area contributed by atoms with Crippen LogP contribution in [-0.2, 0) is 13.7 Å². The highest BCUT2D eigenvalue weighted by atomic mass is 35.5. The molecule has 3 heterocycles. The van der Waals surface area contributed by atoms with Gasteiger partial charge in [-0.2, -0.15) is 0 Å². The van der Waals surface area contributed by atoms with Gasteiger partial charge in [0.2, 0.25) is 5.78 Å². The molecule has 1 aromatic carbocycles. The molecule has 4 aromatic rings. The third-order valence-electron chi connectivity index (χ3n) is 3.65. The van der Waals surface area contributed by atoms with Crippen LogP contribution in [-0.4, -0.2) is 19.2 Å². The summed E-state index contributed by atoms with van der Waals surface area (Å²) in [4.78, 5) is 12.3. The zero-order chi connectivity index (χ0) is 16.8. The Hall–Kier alpha value is -2.45. The number of thiophene rings is 1. The molecule has 4 rings (SSSR count). The van der Waals surface area contributed by atoms with E-state index in [0.717, 1.165) is 5.52 Å². The standard InChI is InChI=1S/C15H10ClFN4O2S/c1-20-14(22)13-10(4-5-24-13)21-12(18-19-15(20)21)7-23-11-3-2-8(17)6-9(11)16/h2-6H,7H2,1H3. The number of hydrogen-bond acceptors (Lipinski definition) is 5. The Kier molecular flexibility index (Phi) is 3.50. The molecule has 0 unspecified atom stereocenters. The second-order valence-corrected chi connectivity index (χ2v) is 6.44. The fraction of sp³-hybridized carbons (Fsp3) is 0.133. The van der Waals surface area contributed by atoms with Gasteiger partial charge in [0.15, 0.2) is 5.82 Å². The lowest BCUT2D eigenvalue weighted by atomic mass is 10.3. The molecule has 122 valence electrons. The highest BCUT2D eigenvalue weighted by Crippen LogP contribution is 2.26. The second kappa shape index (κ2) is 5.57. The van der Waals surface area contributed by atoms with Gasteiger partial charge in [0.1, 0.15) is 22.9 Å². The number of rotatable bonds is 3. The maximum atomic E-state index is 13.1. The van der Waals surface area contributed by atoms with Crippen molar-refractivity contribution in [3.8, 4) is 5.75 Å². The van der Waals surface area contributed by atoms with Crippen molar-refractivity contribution in [3.05, 3.63) is 56.7 Å². The first-order valence-electron chi connectivity index (χ1n) is 6.94. The molecule has 0 N–H and O–H groups in total. The van der Waals surface area contributed by atoms with Crippen LogP contribution >= 0.6 is 22.9 Å². The first-order chi connectivity index (χ1) is 11.6. The molecule has 0 aliphatic carbocycles. The van der Waals surface area contributed by atoms with E-state index in [9.17, 15) is 9.18 Å². The van der Waals surface area contributed by atoms with Crippen LogP contribution in [0.2, 0.25) is 5.02 Å². The summed E-state index contributed by atoms with van der Waals surface area (Å²) in [5.41, 5.74) is 0.612. The molecule has 0 saturated carbocycles. The van der Waals surface area contributed by atoms with E-state index in [1.165, 1.54) is 34.1 Å². The van der Waals surface area contributed by atoms with Crippen molar-refractivity contribution in [2.45, 2.75) is 6.61 Å². The SMILES string of the molecule is Cn1c(=O)c2sccc2n2c(COc3ccc(F)cc3Cl)nnc12. The molecule has 0 atom stereocenters. The average molecular weight is 365 g/mol.